The first-order valence-corrected chi connectivity index (χ1v) is 6.99. The van der Waals surface area contributed by atoms with Crippen LogP contribution in [0, 0.1) is 0 Å². The van der Waals surface area contributed by atoms with E-state index >= 15 is 0 Å². The quantitative estimate of drug-likeness (QED) is 0.761. The molecule has 0 aromatic heterocycles. The number of carbonyl (C=O) groups is 1. The van der Waals surface area contributed by atoms with Gasteiger partial charge in [0.15, 0.2) is 0 Å². The van der Waals surface area contributed by atoms with Gasteiger partial charge in [-0.3, -0.25) is 4.79 Å². The summed E-state index contributed by atoms with van der Waals surface area (Å²) in [7, 11) is -3.63. The predicted molar refractivity (Wildman–Crippen MR) is 74.1 cm³/mol. The Kier molecular flexibility index (Phi) is 5.02. The first-order valence-electron chi connectivity index (χ1n) is 5.55. The number of carbonyl (C=O) groups excluding carboxylic acids is 1. The highest BCUT2D eigenvalue weighted by atomic mass is 32.2. The average Bonchev–Trinajstić information content (AvgIpc) is 2.38. The number of sulfonamides is 1. The second-order valence-corrected chi connectivity index (χ2v) is 5.73. The third-order valence-electron chi connectivity index (χ3n) is 2.44. The largest absolute Gasteiger partial charge is 0.366 e. The normalized spacial score (nSPS) is 11.2. The molecule has 1 aromatic carbocycles. The van der Waals surface area contributed by atoms with Crippen molar-refractivity contribution in [2.75, 3.05) is 13.1 Å². The number of primary amides is 1. The van der Waals surface area contributed by atoms with Crippen molar-refractivity contribution < 1.29 is 13.2 Å². The van der Waals surface area contributed by atoms with E-state index in [1.165, 1.54) is 40.7 Å². The highest BCUT2D eigenvalue weighted by molar-refractivity contribution is 7.89. The summed E-state index contributed by atoms with van der Waals surface area (Å²) in [5.41, 5.74) is 5.36. The van der Waals surface area contributed by atoms with E-state index in [0.29, 0.717) is 0 Å². The Bertz CT molecular complexity index is 566. The third kappa shape index (κ3) is 3.52. The molecule has 0 spiro atoms. The smallest absolute Gasteiger partial charge is 0.248 e. The van der Waals surface area contributed by atoms with Crippen LogP contribution in [0.5, 0.6) is 0 Å². The van der Waals surface area contributed by atoms with Crippen LogP contribution in [0.15, 0.2) is 54.5 Å². The molecule has 2 N–H and O–H groups in total. The molecule has 1 aromatic rings. The van der Waals surface area contributed by atoms with E-state index in [1.54, 1.807) is 0 Å². The van der Waals surface area contributed by atoms with Gasteiger partial charge >= 0.3 is 0 Å². The molecule has 0 aliphatic heterocycles. The van der Waals surface area contributed by atoms with Crippen LogP contribution in [0.3, 0.4) is 0 Å². The molecular formula is C13H16N2O3S. The lowest BCUT2D eigenvalue weighted by atomic mass is 10.2. The van der Waals surface area contributed by atoms with Gasteiger partial charge in [-0.05, 0) is 24.3 Å². The number of nitrogens with two attached hydrogens (primary N) is 1. The molecule has 0 fully saturated rings. The number of hydrogen-bond acceptors (Lipinski definition) is 3. The van der Waals surface area contributed by atoms with Crippen molar-refractivity contribution in [3.63, 3.8) is 0 Å². The summed E-state index contributed by atoms with van der Waals surface area (Å²) in [6, 6.07) is 5.48. The van der Waals surface area contributed by atoms with Crippen LogP contribution in [0.25, 0.3) is 0 Å². The van der Waals surface area contributed by atoms with Gasteiger partial charge in [-0.2, -0.15) is 4.31 Å². The van der Waals surface area contributed by atoms with Gasteiger partial charge in [0, 0.05) is 18.7 Å². The van der Waals surface area contributed by atoms with Crippen molar-refractivity contribution in [1.82, 2.24) is 4.31 Å². The van der Waals surface area contributed by atoms with Gasteiger partial charge < -0.3 is 5.73 Å². The fourth-order valence-electron chi connectivity index (χ4n) is 1.50. The van der Waals surface area contributed by atoms with Crippen molar-refractivity contribution in [2.24, 2.45) is 5.73 Å². The van der Waals surface area contributed by atoms with Crippen LogP contribution in [-0.4, -0.2) is 31.7 Å². The number of nitrogens with zero attached hydrogens (tertiary/aromatic N) is 1. The fourth-order valence-corrected chi connectivity index (χ4v) is 2.88. The van der Waals surface area contributed by atoms with Crippen LogP contribution in [0.4, 0.5) is 0 Å². The molecular weight excluding hydrogens is 264 g/mol. The Hall–Kier alpha value is -1.92. The van der Waals surface area contributed by atoms with Crippen molar-refractivity contribution in [3.8, 4) is 0 Å². The maximum Gasteiger partial charge on any atom is 0.248 e. The molecule has 0 heterocycles. The molecule has 102 valence electrons. The highest BCUT2D eigenvalue weighted by Crippen LogP contribution is 2.16. The van der Waals surface area contributed by atoms with E-state index in [4.69, 9.17) is 5.73 Å². The number of rotatable bonds is 7. The highest BCUT2D eigenvalue weighted by Gasteiger charge is 2.22. The number of benzene rings is 1. The van der Waals surface area contributed by atoms with E-state index in [1.807, 2.05) is 0 Å². The Balaban J connectivity index is 3.13. The van der Waals surface area contributed by atoms with E-state index in [-0.39, 0.29) is 23.5 Å². The summed E-state index contributed by atoms with van der Waals surface area (Å²) in [4.78, 5) is 11.0. The Morgan fingerprint density at radius 3 is 2.00 bits per heavy atom. The molecule has 0 saturated carbocycles. The van der Waals surface area contributed by atoms with E-state index in [9.17, 15) is 13.2 Å². The molecule has 0 aliphatic carbocycles. The van der Waals surface area contributed by atoms with Crippen molar-refractivity contribution >= 4 is 15.9 Å². The summed E-state index contributed by atoms with van der Waals surface area (Å²) in [6.07, 6.45) is 3.00. The topological polar surface area (TPSA) is 80.5 Å². The molecule has 0 unspecified atom stereocenters. The van der Waals surface area contributed by atoms with Crippen LogP contribution < -0.4 is 5.73 Å². The fraction of sp³-hybridized carbons (Fsp3) is 0.154. The number of amides is 1. The molecule has 0 aliphatic rings. The zero-order valence-corrected chi connectivity index (χ0v) is 11.3. The Morgan fingerprint density at radius 2 is 1.63 bits per heavy atom. The van der Waals surface area contributed by atoms with Gasteiger partial charge in [0.2, 0.25) is 15.9 Å². The summed E-state index contributed by atoms with van der Waals surface area (Å²) < 4.78 is 25.8. The van der Waals surface area contributed by atoms with Gasteiger partial charge in [0.05, 0.1) is 4.90 Å². The van der Waals surface area contributed by atoms with Crippen LogP contribution >= 0.6 is 0 Å². The minimum atomic E-state index is -3.63. The first-order chi connectivity index (χ1) is 8.93. The lowest BCUT2D eigenvalue weighted by Crippen LogP contribution is -2.31. The molecule has 19 heavy (non-hydrogen) atoms. The SMILES string of the molecule is C=CCN(CC=C)S(=O)(=O)c1ccc(C(N)=O)cc1. The average molecular weight is 280 g/mol. The van der Waals surface area contributed by atoms with Gasteiger partial charge in [-0.1, -0.05) is 12.2 Å². The third-order valence-corrected chi connectivity index (χ3v) is 4.29. The zero-order chi connectivity index (χ0) is 14.5. The second-order valence-electron chi connectivity index (χ2n) is 3.79. The Labute approximate surface area is 113 Å². The lowest BCUT2D eigenvalue weighted by molar-refractivity contribution is 0.1000. The number of hydrogen-bond donors (Lipinski definition) is 1. The van der Waals surface area contributed by atoms with Gasteiger partial charge in [-0.25, -0.2) is 8.42 Å². The van der Waals surface area contributed by atoms with Crippen LogP contribution in [0.1, 0.15) is 10.4 Å². The van der Waals surface area contributed by atoms with E-state index in [0.717, 1.165) is 0 Å². The minimum Gasteiger partial charge on any atom is -0.366 e. The lowest BCUT2D eigenvalue weighted by Gasteiger charge is -2.19. The van der Waals surface area contributed by atoms with E-state index < -0.39 is 15.9 Å². The van der Waals surface area contributed by atoms with Crippen molar-refractivity contribution in [1.29, 1.82) is 0 Å². The monoisotopic (exact) mass is 280 g/mol. The van der Waals surface area contributed by atoms with Crippen molar-refractivity contribution in [2.45, 2.75) is 4.90 Å². The summed E-state index contributed by atoms with van der Waals surface area (Å²) in [6.45, 7) is 7.42. The standard InChI is InChI=1S/C13H16N2O3S/c1-3-9-15(10-4-2)19(17,18)12-7-5-11(6-8-12)13(14)16/h3-8H,1-2,9-10H2,(H2,14,16). The molecule has 6 heteroatoms. The van der Waals surface area contributed by atoms with Crippen molar-refractivity contribution in [3.05, 3.63) is 55.1 Å². The molecule has 0 bridgehead atoms. The Morgan fingerprint density at radius 1 is 1.16 bits per heavy atom. The summed E-state index contributed by atoms with van der Waals surface area (Å²) in [5.74, 6) is -0.599. The van der Waals surface area contributed by atoms with E-state index in [2.05, 4.69) is 13.2 Å². The van der Waals surface area contributed by atoms with Gasteiger partial charge in [0.25, 0.3) is 0 Å². The maximum absolute atomic E-state index is 12.3. The molecule has 0 saturated heterocycles. The summed E-state index contributed by atoms with van der Waals surface area (Å²) >= 11 is 0. The molecule has 1 rings (SSSR count). The molecule has 0 radical (unpaired) electrons. The summed E-state index contributed by atoms with van der Waals surface area (Å²) in [5, 5.41) is 0. The maximum atomic E-state index is 12.3. The zero-order valence-electron chi connectivity index (χ0n) is 10.5. The minimum absolute atomic E-state index is 0.0983. The first kappa shape index (κ1) is 15.1. The van der Waals surface area contributed by atoms with Gasteiger partial charge in [0.1, 0.15) is 0 Å². The molecule has 1 amide bonds. The molecule has 0 atom stereocenters. The van der Waals surface area contributed by atoms with Crippen LogP contribution in [-0.2, 0) is 10.0 Å². The predicted octanol–water partition coefficient (Wildman–Crippen LogP) is 1.15. The van der Waals surface area contributed by atoms with Gasteiger partial charge in [-0.15, -0.1) is 13.2 Å². The van der Waals surface area contributed by atoms with Crippen LogP contribution in [0.2, 0.25) is 0 Å². The second kappa shape index (κ2) is 6.31. The molecule has 5 nitrogen and oxygen atoms in total.